The number of hydrogen-bond acceptors (Lipinski definition) is 4. The highest BCUT2D eigenvalue weighted by molar-refractivity contribution is 14.0. The summed E-state index contributed by atoms with van der Waals surface area (Å²) in [5.74, 6) is 0.841. The zero-order valence-electron chi connectivity index (χ0n) is 20.4. The third kappa shape index (κ3) is 8.63. The van der Waals surface area contributed by atoms with E-state index in [0.29, 0.717) is 0 Å². The molecule has 0 bridgehead atoms. The van der Waals surface area contributed by atoms with Crippen LogP contribution in [0.4, 0.5) is 5.69 Å². The van der Waals surface area contributed by atoms with E-state index in [1.165, 1.54) is 31.4 Å². The minimum atomic E-state index is 0. The quantitative estimate of drug-likeness (QED) is 0.195. The number of nitrogens with one attached hydrogen (secondary N) is 2. The highest BCUT2D eigenvalue weighted by Crippen LogP contribution is 2.40. The Kier molecular flexibility index (Phi) is 12.3. The summed E-state index contributed by atoms with van der Waals surface area (Å²) >= 11 is 0. The van der Waals surface area contributed by atoms with Gasteiger partial charge in [-0.25, -0.2) is 4.99 Å². The lowest BCUT2D eigenvalue weighted by molar-refractivity contribution is -0.129. The molecular formula is C25H42IN5O2. The second-order valence-corrected chi connectivity index (χ2v) is 8.91. The number of amides is 1. The molecule has 8 heteroatoms. The number of piperazine rings is 1. The molecule has 2 aliphatic rings. The number of nitrogens with zero attached hydrogens (tertiary/aromatic N) is 3. The Labute approximate surface area is 216 Å². The first-order valence-corrected chi connectivity index (χ1v) is 12.3. The number of ether oxygens (including phenoxy) is 1. The maximum Gasteiger partial charge on any atom is 0.244 e. The Morgan fingerprint density at radius 3 is 2.39 bits per heavy atom. The van der Waals surface area contributed by atoms with Gasteiger partial charge in [0, 0.05) is 58.2 Å². The van der Waals surface area contributed by atoms with E-state index in [0.717, 1.165) is 64.9 Å². The van der Waals surface area contributed by atoms with Crippen molar-refractivity contribution in [1.82, 2.24) is 15.5 Å². The predicted molar refractivity (Wildman–Crippen MR) is 147 cm³/mol. The van der Waals surface area contributed by atoms with Gasteiger partial charge >= 0.3 is 0 Å². The zero-order valence-corrected chi connectivity index (χ0v) is 22.7. The molecule has 3 rings (SSSR count). The number of rotatable bonds is 10. The molecule has 0 spiro atoms. The van der Waals surface area contributed by atoms with Crippen LogP contribution < -0.4 is 15.5 Å². The zero-order chi connectivity index (χ0) is 22.7. The number of para-hydroxylation sites is 1. The Balaban J connectivity index is 0.00000385. The fourth-order valence-electron chi connectivity index (χ4n) is 4.79. The summed E-state index contributed by atoms with van der Waals surface area (Å²) in [5.41, 5.74) is 1.50. The van der Waals surface area contributed by atoms with Gasteiger partial charge in [0.15, 0.2) is 5.96 Å². The molecule has 33 heavy (non-hydrogen) atoms. The van der Waals surface area contributed by atoms with Crippen LogP contribution in [0.2, 0.25) is 0 Å². The summed E-state index contributed by atoms with van der Waals surface area (Å²) in [6.07, 6.45) is 6.12. The lowest BCUT2D eigenvalue weighted by Crippen LogP contribution is -2.50. The average molecular weight is 572 g/mol. The number of carbonyl (C=O) groups excluding carboxylic acids is 1. The first-order chi connectivity index (χ1) is 15.7. The van der Waals surface area contributed by atoms with E-state index < -0.39 is 0 Å². The molecule has 0 unspecified atom stereocenters. The van der Waals surface area contributed by atoms with E-state index in [1.54, 1.807) is 0 Å². The Bertz CT molecular complexity index is 717. The third-order valence-electron chi connectivity index (χ3n) is 6.75. The van der Waals surface area contributed by atoms with E-state index >= 15 is 0 Å². The Morgan fingerprint density at radius 2 is 1.76 bits per heavy atom. The molecule has 0 radical (unpaired) electrons. The molecule has 2 N–H and O–H groups in total. The van der Waals surface area contributed by atoms with Crippen molar-refractivity contribution in [2.45, 2.75) is 46.0 Å². The first-order valence-electron chi connectivity index (χ1n) is 12.3. The molecule has 1 amide bonds. The molecule has 1 saturated carbocycles. The van der Waals surface area contributed by atoms with Crippen LogP contribution in [0.3, 0.4) is 0 Å². The number of anilines is 1. The number of carbonyl (C=O) groups is 1. The molecule has 1 saturated heterocycles. The summed E-state index contributed by atoms with van der Waals surface area (Å²) in [6.45, 7) is 10.8. The molecule has 0 aromatic heterocycles. The van der Waals surface area contributed by atoms with Crippen LogP contribution in [0.15, 0.2) is 35.3 Å². The van der Waals surface area contributed by atoms with Gasteiger partial charge in [-0.2, -0.15) is 0 Å². The molecule has 1 aliphatic carbocycles. The third-order valence-corrected chi connectivity index (χ3v) is 6.75. The molecule has 1 aromatic carbocycles. The summed E-state index contributed by atoms with van der Waals surface area (Å²) in [7, 11) is 0. The highest BCUT2D eigenvalue weighted by Gasteiger charge is 2.33. The van der Waals surface area contributed by atoms with Gasteiger partial charge < -0.3 is 25.2 Å². The molecule has 0 atom stereocenters. The van der Waals surface area contributed by atoms with Gasteiger partial charge in [-0.3, -0.25) is 4.79 Å². The maximum atomic E-state index is 12.8. The fraction of sp³-hybridized carbons (Fsp3) is 0.680. The number of aliphatic imine (C=N–C) groups is 1. The summed E-state index contributed by atoms with van der Waals surface area (Å²) < 4.78 is 5.63. The molecule has 186 valence electrons. The van der Waals surface area contributed by atoms with Crippen LogP contribution in [-0.2, 0) is 9.53 Å². The number of benzene rings is 1. The Morgan fingerprint density at radius 1 is 1.06 bits per heavy atom. The van der Waals surface area contributed by atoms with Crippen molar-refractivity contribution in [2.75, 3.05) is 63.9 Å². The van der Waals surface area contributed by atoms with Gasteiger partial charge in [-0.05, 0) is 50.7 Å². The van der Waals surface area contributed by atoms with Crippen molar-refractivity contribution in [1.29, 1.82) is 0 Å². The summed E-state index contributed by atoms with van der Waals surface area (Å²) in [4.78, 5) is 21.7. The van der Waals surface area contributed by atoms with Crippen molar-refractivity contribution in [3.05, 3.63) is 30.3 Å². The minimum absolute atomic E-state index is 0. The molecule has 1 heterocycles. The van der Waals surface area contributed by atoms with Crippen LogP contribution in [0.5, 0.6) is 0 Å². The second-order valence-electron chi connectivity index (χ2n) is 8.91. The van der Waals surface area contributed by atoms with Crippen LogP contribution in [0.25, 0.3) is 0 Å². The van der Waals surface area contributed by atoms with Crippen LogP contribution >= 0.6 is 24.0 Å². The fourth-order valence-corrected chi connectivity index (χ4v) is 4.79. The monoisotopic (exact) mass is 571 g/mol. The standard InChI is InChI=1S/C25H41N5O2.HI/c1-3-26-24(28-21-25(12-8-9-13-25)14-19-32-4-2)27-20-23(31)30-17-15-29(16-18-30)22-10-6-5-7-11-22;/h5-7,10-11H,3-4,8-9,12-21H2,1-2H3,(H2,26,27,28);1H. The van der Waals surface area contributed by atoms with E-state index in [2.05, 4.69) is 51.7 Å². The van der Waals surface area contributed by atoms with E-state index in [1.807, 2.05) is 17.9 Å². The smallest absolute Gasteiger partial charge is 0.244 e. The van der Waals surface area contributed by atoms with Gasteiger partial charge in [0.05, 0.1) is 0 Å². The SMILES string of the molecule is CCNC(=NCC(=O)N1CCN(c2ccccc2)CC1)NCC1(CCOCC)CCCC1.I. The van der Waals surface area contributed by atoms with Gasteiger partial charge in [-0.15, -0.1) is 24.0 Å². The molecule has 1 aromatic rings. The summed E-state index contributed by atoms with van der Waals surface area (Å²) in [6, 6.07) is 10.4. The van der Waals surface area contributed by atoms with E-state index in [4.69, 9.17) is 4.74 Å². The summed E-state index contributed by atoms with van der Waals surface area (Å²) in [5, 5.41) is 6.83. The van der Waals surface area contributed by atoms with Crippen molar-refractivity contribution in [2.24, 2.45) is 10.4 Å². The van der Waals surface area contributed by atoms with Crippen LogP contribution in [0, 0.1) is 5.41 Å². The average Bonchev–Trinajstić information content (AvgIpc) is 3.30. The van der Waals surface area contributed by atoms with Gasteiger partial charge in [0.25, 0.3) is 0 Å². The minimum Gasteiger partial charge on any atom is -0.382 e. The van der Waals surface area contributed by atoms with Crippen LogP contribution in [0.1, 0.15) is 46.0 Å². The Hall–Kier alpha value is -1.55. The molecule has 2 fully saturated rings. The lowest BCUT2D eigenvalue weighted by atomic mass is 9.83. The van der Waals surface area contributed by atoms with E-state index in [-0.39, 0.29) is 41.8 Å². The van der Waals surface area contributed by atoms with Crippen LogP contribution in [-0.4, -0.2) is 75.8 Å². The van der Waals surface area contributed by atoms with Crippen molar-refractivity contribution < 1.29 is 9.53 Å². The van der Waals surface area contributed by atoms with E-state index in [9.17, 15) is 4.79 Å². The molecule has 7 nitrogen and oxygen atoms in total. The van der Waals surface area contributed by atoms with Gasteiger partial charge in [-0.1, -0.05) is 31.0 Å². The molecule has 1 aliphatic heterocycles. The highest BCUT2D eigenvalue weighted by atomic mass is 127. The topological polar surface area (TPSA) is 69.2 Å². The number of guanidine groups is 1. The van der Waals surface area contributed by atoms with Gasteiger partial charge in [0.2, 0.25) is 5.91 Å². The normalized spacial score (nSPS) is 18.1. The number of hydrogen-bond donors (Lipinski definition) is 2. The van der Waals surface area contributed by atoms with Gasteiger partial charge in [0.1, 0.15) is 6.54 Å². The van der Waals surface area contributed by atoms with Crippen molar-refractivity contribution in [3.8, 4) is 0 Å². The second kappa shape index (κ2) is 14.7. The van der Waals surface area contributed by atoms with Crippen molar-refractivity contribution >= 4 is 41.5 Å². The largest absolute Gasteiger partial charge is 0.382 e. The first kappa shape index (κ1) is 27.7. The lowest BCUT2D eigenvalue weighted by Gasteiger charge is -2.36. The predicted octanol–water partition coefficient (Wildman–Crippen LogP) is 3.50. The maximum absolute atomic E-state index is 12.8. The molecular weight excluding hydrogens is 529 g/mol. The van der Waals surface area contributed by atoms with Crippen molar-refractivity contribution in [3.63, 3.8) is 0 Å². The number of halogens is 1.